The van der Waals surface area contributed by atoms with Crippen LogP contribution in [0.4, 0.5) is 17.1 Å². The van der Waals surface area contributed by atoms with Gasteiger partial charge in [-0.15, -0.1) is 23.1 Å². The van der Waals surface area contributed by atoms with Crippen molar-refractivity contribution >= 4 is 61.9 Å². The van der Waals surface area contributed by atoms with E-state index in [0.29, 0.717) is 11.2 Å². The van der Waals surface area contributed by atoms with Crippen LogP contribution in [0.2, 0.25) is 0 Å². The lowest BCUT2D eigenvalue weighted by Crippen LogP contribution is -2.18. The van der Waals surface area contributed by atoms with E-state index in [4.69, 9.17) is 0 Å². The van der Waals surface area contributed by atoms with Crippen LogP contribution < -0.4 is 4.90 Å². The quantitative estimate of drug-likeness (QED) is 0.180. The van der Waals surface area contributed by atoms with E-state index in [1.807, 2.05) is 11.3 Å². The summed E-state index contributed by atoms with van der Waals surface area (Å²) in [5.41, 5.74) is 18.9. The third-order valence-corrected chi connectivity index (χ3v) is 15.3. The van der Waals surface area contributed by atoms with E-state index >= 15 is 0 Å². The highest BCUT2D eigenvalue weighted by atomic mass is 32.2. The first-order valence-corrected chi connectivity index (χ1v) is 20.2. The van der Waals surface area contributed by atoms with Crippen molar-refractivity contribution in [3.8, 4) is 22.3 Å². The summed E-state index contributed by atoms with van der Waals surface area (Å²) in [5.74, 6) is 0.448. The molecule has 3 aliphatic carbocycles. The van der Waals surface area contributed by atoms with Crippen LogP contribution in [-0.4, -0.2) is 5.25 Å². The third kappa shape index (κ3) is 4.07. The Hall–Kier alpha value is -4.83. The van der Waals surface area contributed by atoms with Crippen LogP contribution in [0.15, 0.2) is 132 Å². The molecule has 1 aliphatic heterocycles. The number of rotatable bonds is 3. The Labute approximate surface area is 314 Å². The number of fused-ring (bicyclic) bond motifs is 12. The average molecular weight is 706 g/mol. The Balaban J connectivity index is 1.10. The molecule has 2 heterocycles. The molecule has 1 nitrogen and oxygen atoms in total. The summed E-state index contributed by atoms with van der Waals surface area (Å²) in [7, 11) is 0. The number of anilines is 3. The minimum atomic E-state index is -0.0814. The standard InChI is InChI=1S/C49H39NS2/c1-28-46-36-14-8-11-17-43(36)51-45(46)27-38-37-24-29(20-23-44(37)52-47(28)38)50(30-18-21-34-32-12-6-9-15-39(32)48(2,3)41(34)25-30)31-19-22-35-33-13-7-10-16-40(33)49(4,5)42(35)26-31/h6-28,47H,1-5H3. The van der Waals surface area contributed by atoms with Crippen molar-refractivity contribution in [2.45, 2.75) is 61.5 Å². The summed E-state index contributed by atoms with van der Waals surface area (Å²) in [6, 6.07) is 48.5. The Kier molecular flexibility index (Phi) is 6.28. The Morgan fingerprint density at radius 1 is 0.538 bits per heavy atom. The van der Waals surface area contributed by atoms with Gasteiger partial charge in [0.1, 0.15) is 0 Å². The molecule has 2 unspecified atom stereocenters. The molecule has 7 aromatic rings. The van der Waals surface area contributed by atoms with E-state index in [9.17, 15) is 0 Å². The van der Waals surface area contributed by atoms with Crippen LogP contribution >= 0.6 is 23.1 Å². The fraction of sp³-hybridized carbons (Fsp3) is 0.184. The monoisotopic (exact) mass is 705 g/mol. The van der Waals surface area contributed by atoms with Crippen molar-refractivity contribution in [2.24, 2.45) is 0 Å². The van der Waals surface area contributed by atoms with E-state index in [1.165, 1.54) is 98.1 Å². The van der Waals surface area contributed by atoms with Gasteiger partial charge in [0, 0.05) is 47.6 Å². The summed E-state index contributed by atoms with van der Waals surface area (Å²) in [5, 5.41) is 1.85. The molecule has 0 amide bonds. The molecule has 1 aromatic heterocycles. The van der Waals surface area contributed by atoms with Crippen LogP contribution in [-0.2, 0) is 10.8 Å². The first kappa shape index (κ1) is 30.8. The van der Waals surface area contributed by atoms with Gasteiger partial charge < -0.3 is 4.90 Å². The first-order valence-electron chi connectivity index (χ1n) is 18.5. The molecule has 4 aliphatic rings. The molecule has 3 heteroatoms. The van der Waals surface area contributed by atoms with Gasteiger partial charge in [-0.2, -0.15) is 0 Å². The molecule has 52 heavy (non-hydrogen) atoms. The van der Waals surface area contributed by atoms with E-state index in [1.54, 1.807) is 0 Å². The maximum Gasteiger partial charge on any atom is 0.0468 e. The maximum atomic E-state index is 2.52. The molecule has 0 bridgehead atoms. The molecule has 0 N–H and O–H groups in total. The molecule has 0 spiro atoms. The third-order valence-electron chi connectivity index (χ3n) is 12.6. The lowest BCUT2D eigenvalue weighted by atomic mass is 9.82. The van der Waals surface area contributed by atoms with Gasteiger partial charge in [0.05, 0.1) is 0 Å². The molecule has 0 saturated heterocycles. The van der Waals surface area contributed by atoms with Crippen molar-refractivity contribution in [1.82, 2.24) is 0 Å². The smallest absolute Gasteiger partial charge is 0.0468 e. The highest BCUT2D eigenvalue weighted by Crippen LogP contribution is 2.58. The fourth-order valence-corrected chi connectivity index (χ4v) is 12.6. The van der Waals surface area contributed by atoms with Crippen molar-refractivity contribution in [2.75, 3.05) is 4.90 Å². The molecule has 0 radical (unpaired) electrons. The van der Waals surface area contributed by atoms with Gasteiger partial charge in [-0.25, -0.2) is 0 Å². The Morgan fingerprint density at radius 2 is 1.08 bits per heavy atom. The molecule has 0 saturated carbocycles. The summed E-state index contributed by atoms with van der Waals surface area (Å²) in [4.78, 5) is 5.34. The van der Waals surface area contributed by atoms with Crippen molar-refractivity contribution < 1.29 is 0 Å². The average Bonchev–Trinajstić information content (AvgIpc) is 3.85. The lowest BCUT2D eigenvalue weighted by molar-refractivity contribution is 0.660. The maximum absolute atomic E-state index is 2.52. The Morgan fingerprint density at radius 3 is 1.73 bits per heavy atom. The topological polar surface area (TPSA) is 3.24 Å². The van der Waals surface area contributed by atoms with E-state index < -0.39 is 0 Å². The number of benzene rings is 6. The summed E-state index contributed by atoms with van der Waals surface area (Å²) < 4.78 is 1.39. The predicted molar refractivity (Wildman–Crippen MR) is 224 cm³/mol. The lowest BCUT2D eigenvalue weighted by Gasteiger charge is -2.30. The van der Waals surface area contributed by atoms with Crippen LogP contribution in [0.3, 0.4) is 0 Å². The van der Waals surface area contributed by atoms with Crippen LogP contribution in [0.25, 0.3) is 44.0 Å². The molecule has 11 rings (SSSR count). The predicted octanol–water partition coefficient (Wildman–Crippen LogP) is 14.1. The van der Waals surface area contributed by atoms with E-state index in [0.717, 1.165) is 0 Å². The van der Waals surface area contributed by atoms with Crippen molar-refractivity contribution in [3.63, 3.8) is 0 Å². The summed E-state index contributed by atoms with van der Waals surface area (Å²) in [6.07, 6.45) is 2.52. The highest BCUT2D eigenvalue weighted by Gasteiger charge is 2.40. The van der Waals surface area contributed by atoms with Gasteiger partial charge >= 0.3 is 0 Å². The second kappa shape index (κ2) is 10.6. The number of hydrogen-bond donors (Lipinski definition) is 0. The Bertz CT molecular complexity index is 2600. The number of thioether (sulfide) groups is 1. The summed E-state index contributed by atoms with van der Waals surface area (Å²) in [6.45, 7) is 12.0. The molecule has 2 atom stereocenters. The van der Waals surface area contributed by atoms with Gasteiger partial charge in [-0.05, 0) is 127 Å². The number of hydrogen-bond acceptors (Lipinski definition) is 3. The van der Waals surface area contributed by atoms with Gasteiger partial charge in [0.2, 0.25) is 0 Å². The minimum absolute atomic E-state index is 0.0814. The zero-order valence-electron chi connectivity index (χ0n) is 30.1. The highest BCUT2D eigenvalue weighted by molar-refractivity contribution is 8.01. The van der Waals surface area contributed by atoms with E-state index in [2.05, 4.69) is 185 Å². The van der Waals surface area contributed by atoms with Crippen molar-refractivity contribution in [3.05, 3.63) is 166 Å². The first-order chi connectivity index (χ1) is 25.2. The number of nitrogens with zero attached hydrogens (tertiary/aromatic N) is 1. The van der Waals surface area contributed by atoms with Crippen LogP contribution in [0.1, 0.15) is 78.8 Å². The number of thiophene rings is 1. The largest absolute Gasteiger partial charge is 0.310 e. The van der Waals surface area contributed by atoms with Gasteiger partial charge in [-0.3, -0.25) is 0 Å². The molecule has 0 fully saturated rings. The van der Waals surface area contributed by atoms with Gasteiger partial charge in [0.25, 0.3) is 0 Å². The zero-order valence-corrected chi connectivity index (χ0v) is 31.8. The second-order valence-corrected chi connectivity index (χ2v) is 18.4. The molecule has 6 aromatic carbocycles. The van der Waals surface area contributed by atoms with Crippen molar-refractivity contribution in [1.29, 1.82) is 0 Å². The normalized spacial score (nSPS) is 19.2. The van der Waals surface area contributed by atoms with E-state index in [-0.39, 0.29) is 10.8 Å². The molecular formula is C49H39NS2. The molecule has 252 valence electrons. The zero-order chi connectivity index (χ0) is 35.1. The van der Waals surface area contributed by atoms with Gasteiger partial charge in [0.15, 0.2) is 0 Å². The summed E-state index contributed by atoms with van der Waals surface area (Å²) >= 11 is 4.00. The SMILES string of the molecule is CC1c2c(sc3ccccc23)C=C2c3cc(N(c4ccc5c(c4)C(C)(C)c4ccccc4-5)c4ccc5c(c4)C(C)(C)c4ccccc4-5)ccc3SC21. The van der Waals surface area contributed by atoms with Gasteiger partial charge in [-0.1, -0.05) is 113 Å². The fourth-order valence-electron chi connectivity index (χ4n) is 9.93. The minimum Gasteiger partial charge on any atom is -0.310 e. The molecular weight excluding hydrogens is 667 g/mol. The van der Waals surface area contributed by atoms with Crippen LogP contribution in [0.5, 0.6) is 0 Å². The van der Waals surface area contributed by atoms with Crippen LogP contribution in [0, 0.1) is 0 Å². The second-order valence-electron chi connectivity index (χ2n) is 16.1.